The maximum Gasteiger partial charge on any atom is 0.261 e. The fourth-order valence-electron chi connectivity index (χ4n) is 2.73. The minimum atomic E-state index is -3.70. The number of hydrogen-bond donors (Lipinski definition) is 2. The number of hydrogen-bond acceptors (Lipinski definition) is 5. The Morgan fingerprint density at radius 1 is 1.30 bits per heavy atom. The van der Waals surface area contributed by atoms with Gasteiger partial charge in [0.15, 0.2) is 0 Å². The van der Waals surface area contributed by atoms with E-state index >= 15 is 0 Å². The van der Waals surface area contributed by atoms with Crippen LogP contribution in [0.1, 0.15) is 26.7 Å². The van der Waals surface area contributed by atoms with Gasteiger partial charge in [-0.3, -0.25) is 0 Å². The van der Waals surface area contributed by atoms with E-state index in [1.165, 1.54) is 10.9 Å². The summed E-state index contributed by atoms with van der Waals surface area (Å²) < 4.78 is 29.4. The Labute approximate surface area is 136 Å². The molecular weight excluding hydrogens is 314 g/mol. The van der Waals surface area contributed by atoms with Gasteiger partial charge in [0.05, 0.1) is 11.9 Å². The zero-order valence-corrected chi connectivity index (χ0v) is 14.0. The highest BCUT2D eigenvalue weighted by Crippen LogP contribution is 2.21. The lowest BCUT2D eigenvalue weighted by Crippen LogP contribution is -2.60. The Hall–Kier alpha value is -1.77. The molecule has 1 aliphatic heterocycles. The molecule has 2 aromatic rings. The molecule has 3 rings (SSSR count). The predicted molar refractivity (Wildman–Crippen MR) is 86.8 cm³/mol. The molecule has 0 bridgehead atoms. The molecule has 0 radical (unpaired) electrons. The second-order valence-electron chi connectivity index (χ2n) is 6.30. The van der Waals surface area contributed by atoms with Crippen molar-refractivity contribution >= 4 is 10.0 Å². The molecule has 8 heteroatoms. The maximum absolute atomic E-state index is 12.6. The summed E-state index contributed by atoms with van der Waals surface area (Å²) in [7, 11) is -3.70. The molecule has 2 N–H and O–H groups in total. The molecule has 1 atom stereocenters. The van der Waals surface area contributed by atoms with Gasteiger partial charge in [-0.25, -0.2) is 17.8 Å². The summed E-state index contributed by atoms with van der Waals surface area (Å²) in [4.78, 5) is 0. The Morgan fingerprint density at radius 2 is 2.04 bits per heavy atom. The van der Waals surface area contributed by atoms with Crippen LogP contribution in [0.5, 0.6) is 0 Å². The van der Waals surface area contributed by atoms with Gasteiger partial charge in [0.2, 0.25) is 5.03 Å². The summed E-state index contributed by atoms with van der Waals surface area (Å²) in [6.07, 6.45) is 3.17. The number of nitrogens with one attached hydrogen (secondary N) is 2. The van der Waals surface area contributed by atoms with E-state index in [1.54, 1.807) is 0 Å². The van der Waals surface area contributed by atoms with E-state index in [9.17, 15) is 8.42 Å². The van der Waals surface area contributed by atoms with Crippen LogP contribution in [0.3, 0.4) is 0 Å². The molecule has 0 saturated carbocycles. The van der Waals surface area contributed by atoms with E-state index in [0.717, 1.165) is 25.1 Å². The van der Waals surface area contributed by atoms with Gasteiger partial charge >= 0.3 is 0 Å². The van der Waals surface area contributed by atoms with Gasteiger partial charge in [-0.15, -0.1) is 5.10 Å². The van der Waals surface area contributed by atoms with Gasteiger partial charge in [-0.2, -0.15) is 0 Å². The zero-order chi connectivity index (χ0) is 16.5. The highest BCUT2D eigenvalue weighted by molar-refractivity contribution is 7.89. The first-order valence-electron chi connectivity index (χ1n) is 7.64. The molecular formula is C15H21N5O2S. The quantitative estimate of drug-likeness (QED) is 0.873. The second kappa shape index (κ2) is 6.03. The third-order valence-electron chi connectivity index (χ3n) is 4.19. The number of benzene rings is 1. The zero-order valence-electron chi connectivity index (χ0n) is 13.2. The lowest BCUT2D eigenvalue weighted by Gasteiger charge is -2.39. The van der Waals surface area contributed by atoms with Crippen LogP contribution in [0.25, 0.3) is 5.69 Å². The Bertz CT molecular complexity index is 770. The summed E-state index contributed by atoms with van der Waals surface area (Å²) in [5, 5.41) is 11.0. The summed E-state index contributed by atoms with van der Waals surface area (Å²) >= 11 is 0. The molecule has 7 nitrogen and oxygen atoms in total. The normalized spacial score (nSPS) is 21.2. The van der Waals surface area contributed by atoms with Gasteiger partial charge in [0, 0.05) is 11.6 Å². The molecule has 23 heavy (non-hydrogen) atoms. The fourth-order valence-corrected chi connectivity index (χ4v) is 4.02. The standard InChI is InChI=1S/C15H21N5O2S/c1-15(2)13(9-6-10-16-15)18-23(21,22)14-11-20(19-17-14)12-7-4-3-5-8-12/h3-5,7-8,11,13,16,18H,6,9-10H2,1-2H3. The first kappa shape index (κ1) is 16.1. The van der Waals surface area contributed by atoms with E-state index in [2.05, 4.69) is 20.4 Å². The van der Waals surface area contributed by atoms with E-state index < -0.39 is 10.0 Å². The smallest absolute Gasteiger partial charge is 0.261 e. The maximum atomic E-state index is 12.6. The van der Waals surface area contributed by atoms with Crippen molar-refractivity contribution in [2.75, 3.05) is 6.54 Å². The summed E-state index contributed by atoms with van der Waals surface area (Å²) in [5.74, 6) is 0. The topological polar surface area (TPSA) is 88.9 Å². The number of nitrogens with zero attached hydrogens (tertiary/aromatic N) is 3. The Morgan fingerprint density at radius 3 is 2.74 bits per heavy atom. The SMILES string of the molecule is CC1(C)NCCCC1NS(=O)(=O)c1cn(-c2ccccc2)nn1. The molecule has 0 aliphatic carbocycles. The van der Waals surface area contributed by atoms with Gasteiger partial charge < -0.3 is 5.32 Å². The van der Waals surface area contributed by atoms with Crippen molar-refractivity contribution in [1.82, 2.24) is 25.0 Å². The van der Waals surface area contributed by atoms with Crippen LogP contribution in [0, 0.1) is 0 Å². The Balaban J connectivity index is 1.82. The highest BCUT2D eigenvalue weighted by atomic mass is 32.2. The predicted octanol–water partition coefficient (Wildman–Crippen LogP) is 1.08. The minimum absolute atomic E-state index is 0.0669. The Kier molecular flexibility index (Phi) is 4.22. The molecule has 2 heterocycles. The van der Waals surface area contributed by atoms with E-state index in [-0.39, 0.29) is 16.6 Å². The number of aromatic nitrogens is 3. The first-order valence-corrected chi connectivity index (χ1v) is 9.12. The lowest BCUT2D eigenvalue weighted by atomic mass is 9.88. The van der Waals surface area contributed by atoms with Gasteiger partial charge in [0.1, 0.15) is 0 Å². The van der Waals surface area contributed by atoms with Crippen LogP contribution in [0.15, 0.2) is 41.6 Å². The molecule has 1 aromatic carbocycles. The molecule has 0 spiro atoms. The molecule has 1 saturated heterocycles. The molecule has 1 unspecified atom stereocenters. The second-order valence-corrected chi connectivity index (χ2v) is 7.96. The first-order chi connectivity index (χ1) is 10.9. The van der Waals surface area contributed by atoms with Crippen LogP contribution in [-0.4, -0.2) is 41.5 Å². The lowest BCUT2D eigenvalue weighted by molar-refractivity contribution is 0.244. The average Bonchev–Trinajstić information content (AvgIpc) is 3.01. The fraction of sp³-hybridized carbons (Fsp3) is 0.467. The molecule has 1 fully saturated rings. The summed E-state index contributed by atoms with van der Waals surface area (Å²) in [5.41, 5.74) is 0.474. The van der Waals surface area contributed by atoms with E-state index in [4.69, 9.17) is 0 Å². The van der Waals surface area contributed by atoms with Crippen molar-refractivity contribution in [2.45, 2.75) is 43.3 Å². The molecule has 1 aliphatic rings. The van der Waals surface area contributed by atoms with Crippen LogP contribution >= 0.6 is 0 Å². The van der Waals surface area contributed by atoms with Gasteiger partial charge in [0.25, 0.3) is 10.0 Å². The number of para-hydroxylation sites is 1. The van der Waals surface area contributed by atoms with Crippen LogP contribution in [0.2, 0.25) is 0 Å². The van der Waals surface area contributed by atoms with Crippen molar-refractivity contribution in [2.24, 2.45) is 0 Å². The molecule has 0 amide bonds. The van der Waals surface area contributed by atoms with Crippen molar-refractivity contribution in [3.05, 3.63) is 36.5 Å². The minimum Gasteiger partial charge on any atom is -0.310 e. The van der Waals surface area contributed by atoms with Crippen molar-refractivity contribution in [1.29, 1.82) is 0 Å². The van der Waals surface area contributed by atoms with E-state index in [0.29, 0.717) is 0 Å². The van der Waals surface area contributed by atoms with Gasteiger partial charge in [-0.05, 0) is 45.4 Å². The van der Waals surface area contributed by atoms with E-state index in [1.807, 2.05) is 44.2 Å². The number of sulfonamides is 1. The van der Waals surface area contributed by atoms with Crippen LogP contribution in [-0.2, 0) is 10.0 Å². The molecule has 124 valence electrons. The number of rotatable bonds is 4. The van der Waals surface area contributed by atoms with Crippen molar-refractivity contribution < 1.29 is 8.42 Å². The van der Waals surface area contributed by atoms with Crippen molar-refractivity contribution in [3.8, 4) is 5.69 Å². The third-order valence-corrected chi connectivity index (χ3v) is 5.52. The van der Waals surface area contributed by atoms with Crippen LogP contribution in [0.4, 0.5) is 0 Å². The van der Waals surface area contributed by atoms with Gasteiger partial charge in [-0.1, -0.05) is 23.4 Å². The highest BCUT2D eigenvalue weighted by Gasteiger charge is 2.35. The third kappa shape index (κ3) is 3.44. The molecule has 1 aromatic heterocycles. The largest absolute Gasteiger partial charge is 0.310 e. The summed E-state index contributed by atoms with van der Waals surface area (Å²) in [6.45, 7) is 4.90. The number of piperidine rings is 1. The van der Waals surface area contributed by atoms with Crippen molar-refractivity contribution in [3.63, 3.8) is 0 Å². The average molecular weight is 335 g/mol. The van der Waals surface area contributed by atoms with Crippen LogP contribution < -0.4 is 10.0 Å². The monoisotopic (exact) mass is 335 g/mol. The summed E-state index contributed by atoms with van der Waals surface area (Å²) in [6, 6.07) is 9.11.